The molecule has 0 bridgehead atoms. The zero-order valence-corrected chi connectivity index (χ0v) is 21.1. The van der Waals surface area contributed by atoms with E-state index >= 15 is 0 Å². The van der Waals surface area contributed by atoms with Crippen LogP contribution in [0.1, 0.15) is 37.8 Å². The number of rotatable bonds is 7. The Morgan fingerprint density at radius 3 is 2.38 bits per heavy atom. The van der Waals surface area contributed by atoms with Crippen molar-refractivity contribution in [3.05, 3.63) is 65.4 Å². The van der Waals surface area contributed by atoms with Gasteiger partial charge in [-0.05, 0) is 62.7 Å². The number of anilines is 1. The first-order chi connectivity index (χ1) is 16.4. The number of carbonyl (C=O) groups is 1. The summed E-state index contributed by atoms with van der Waals surface area (Å²) in [6, 6.07) is 16.2. The lowest BCUT2D eigenvalue weighted by Gasteiger charge is -2.36. The molecule has 7 heteroatoms. The third kappa shape index (κ3) is 4.95. The predicted octanol–water partition coefficient (Wildman–Crippen LogP) is 4.30. The minimum Gasteiger partial charge on any atom is -0.507 e. The van der Waals surface area contributed by atoms with Crippen molar-refractivity contribution in [2.24, 2.45) is 0 Å². The van der Waals surface area contributed by atoms with Gasteiger partial charge in [0.25, 0.3) is 5.91 Å². The van der Waals surface area contributed by atoms with Gasteiger partial charge in [-0.2, -0.15) is 0 Å². The van der Waals surface area contributed by atoms with E-state index in [2.05, 4.69) is 47.9 Å². The molecule has 0 aliphatic carbocycles. The van der Waals surface area contributed by atoms with Crippen LogP contribution >= 0.6 is 12.2 Å². The summed E-state index contributed by atoms with van der Waals surface area (Å²) in [4.78, 5) is 21.6. The Labute approximate surface area is 208 Å². The Kier molecular flexibility index (Phi) is 7.54. The third-order valence-corrected chi connectivity index (χ3v) is 7.37. The van der Waals surface area contributed by atoms with E-state index in [9.17, 15) is 9.90 Å². The second-order valence-electron chi connectivity index (χ2n) is 8.95. The first-order valence-electron chi connectivity index (χ1n) is 12.1. The van der Waals surface area contributed by atoms with Gasteiger partial charge in [-0.1, -0.05) is 30.3 Å². The van der Waals surface area contributed by atoms with Crippen LogP contribution < -0.4 is 4.90 Å². The lowest BCUT2D eigenvalue weighted by Crippen LogP contribution is -2.47. The molecule has 2 aromatic rings. The standard InChI is InChI=1S/C27H34N4O2S/c1-4-30(5-2)23-12-11-21(25(32)18-23)17-24-26(33)31(27(34)28(24)3)22-13-15-29(16-14-22)19-20-9-7-6-8-10-20/h6-12,17-18,22,32H,4-5,13-16,19H2,1-3H3/b24-17+. The number of carbonyl (C=O) groups excluding carboxylic acids is 1. The summed E-state index contributed by atoms with van der Waals surface area (Å²) < 4.78 is 0. The van der Waals surface area contributed by atoms with Gasteiger partial charge in [0.1, 0.15) is 11.4 Å². The monoisotopic (exact) mass is 478 g/mol. The molecule has 2 aliphatic heterocycles. The Bertz CT molecular complexity index is 1060. The van der Waals surface area contributed by atoms with E-state index in [0.717, 1.165) is 51.3 Å². The highest BCUT2D eigenvalue weighted by atomic mass is 32.1. The molecule has 6 nitrogen and oxygen atoms in total. The van der Waals surface area contributed by atoms with Crippen molar-refractivity contribution in [2.45, 2.75) is 39.3 Å². The van der Waals surface area contributed by atoms with E-state index in [1.807, 2.05) is 25.2 Å². The Morgan fingerprint density at radius 1 is 1.09 bits per heavy atom. The number of likely N-dealkylation sites (tertiary alicyclic amines) is 1. The number of thiocarbonyl (C=S) groups is 1. The molecule has 0 saturated carbocycles. The van der Waals surface area contributed by atoms with Crippen LogP contribution in [0, 0.1) is 0 Å². The number of phenolic OH excluding ortho intramolecular Hbond substituents is 1. The normalized spacial score (nSPS) is 18.9. The first-order valence-corrected chi connectivity index (χ1v) is 12.5. The number of benzene rings is 2. The van der Waals surface area contributed by atoms with Gasteiger partial charge in [0.05, 0.1) is 0 Å². The molecule has 0 spiro atoms. The fraction of sp³-hybridized carbons (Fsp3) is 0.407. The van der Waals surface area contributed by atoms with Crippen LogP contribution in [-0.2, 0) is 11.3 Å². The Balaban J connectivity index is 1.46. The average Bonchev–Trinajstić information content (AvgIpc) is 3.05. The van der Waals surface area contributed by atoms with Gasteiger partial charge in [-0.3, -0.25) is 14.6 Å². The average molecular weight is 479 g/mol. The van der Waals surface area contributed by atoms with Crippen molar-refractivity contribution in [3.8, 4) is 5.75 Å². The van der Waals surface area contributed by atoms with E-state index in [-0.39, 0.29) is 17.7 Å². The van der Waals surface area contributed by atoms with Crippen LogP contribution in [0.3, 0.4) is 0 Å². The van der Waals surface area contributed by atoms with Gasteiger partial charge in [-0.15, -0.1) is 0 Å². The van der Waals surface area contributed by atoms with Gasteiger partial charge < -0.3 is 14.9 Å². The van der Waals surface area contributed by atoms with E-state index < -0.39 is 0 Å². The van der Waals surface area contributed by atoms with Crippen molar-refractivity contribution in [3.63, 3.8) is 0 Å². The fourth-order valence-corrected chi connectivity index (χ4v) is 5.19. The molecule has 4 rings (SSSR count). The number of hydrogen-bond donors (Lipinski definition) is 1. The molecule has 1 amide bonds. The molecule has 0 radical (unpaired) electrons. The second kappa shape index (κ2) is 10.6. The molecule has 0 atom stereocenters. The lowest BCUT2D eigenvalue weighted by atomic mass is 10.0. The lowest BCUT2D eigenvalue weighted by molar-refractivity contribution is -0.124. The minimum absolute atomic E-state index is 0.0822. The second-order valence-corrected chi connectivity index (χ2v) is 9.32. The number of piperidine rings is 1. The van der Waals surface area contributed by atoms with Gasteiger partial charge in [-0.25, -0.2) is 0 Å². The maximum absolute atomic E-state index is 13.4. The summed E-state index contributed by atoms with van der Waals surface area (Å²) in [5.74, 6) is 0.0814. The number of likely N-dealkylation sites (N-methyl/N-ethyl adjacent to an activating group) is 1. The van der Waals surface area contributed by atoms with E-state index in [4.69, 9.17) is 12.2 Å². The maximum Gasteiger partial charge on any atom is 0.277 e. The quantitative estimate of drug-likeness (QED) is 0.473. The Hall–Kier alpha value is -2.90. The largest absolute Gasteiger partial charge is 0.507 e. The van der Waals surface area contributed by atoms with Crippen LogP contribution in [0.4, 0.5) is 5.69 Å². The molecule has 0 unspecified atom stereocenters. The van der Waals surface area contributed by atoms with Crippen molar-refractivity contribution in [1.29, 1.82) is 0 Å². The molecule has 0 aromatic heterocycles. The molecule has 2 aliphatic rings. The van der Waals surface area contributed by atoms with Gasteiger partial charge in [0.15, 0.2) is 5.11 Å². The molecular formula is C27H34N4O2S. The number of hydrogen-bond acceptors (Lipinski definition) is 5. The summed E-state index contributed by atoms with van der Waals surface area (Å²) in [6.07, 6.45) is 3.54. The highest BCUT2D eigenvalue weighted by Crippen LogP contribution is 2.32. The van der Waals surface area contributed by atoms with Crippen molar-refractivity contribution >= 4 is 35.0 Å². The molecule has 2 fully saturated rings. The fourth-order valence-electron chi connectivity index (χ4n) is 4.86. The number of amides is 1. The summed E-state index contributed by atoms with van der Waals surface area (Å²) in [7, 11) is 1.83. The van der Waals surface area contributed by atoms with E-state index in [1.54, 1.807) is 21.9 Å². The van der Waals surface area contributed by atoms with E-state index in [1.165, 1.54) is 5.56 Å². The molecule has 180 valence electrons. The smallest absolute Gasteiger partial charge is 0.277 e. The zero-order valence-electron chi connectivity index (χ0n) is 20.3. The SMILES string of the molecule is CCN(CC)c1ccc(/C=C2\C(=O)N(C3CCN(Cc4ccccc4)CC3)C(=S)N2C)c(O)c1. The van der Waals surface area contributed by atoms with Crippen molar-refractivity contribution < 1.29 is 9.90 Å². The first kappa shape index (κ1) is 24.2. The maximum atomic E-state index is 13.4. The topological polar surface area (TPSA) is 50.3 Å². The summed E-state index contributed by atoms with van der Waals surface area (Å²) >= 11 is 5.68. The van der Waals surface area contributed by atoms with Gasteiger partial charge in [0.2, 0.25) is 0 Å². The zero-order chi connectivity index (χ0) is 24.2. The van der Waals surface area contributed by atoms with Crippen LogP contribution in [0.2, 0.25) is 0 Å². The number of nitrogens with zero attached hydrogens (tertiary/aromatic N) is 4. The number of aromatic hydroxyl groups is 1. The third-order valence-electron chi connectivity index (χ3n) is 6.90. The van der Waals surface area contributed by atoms with Crippen LogP contribution in [0.25, 0.3) is 6.08 Å². The molecule has 1 N–H and O–H groups in total. The van der Waals surface area contributed by atoms with Crippen molar-refractivity contribution in [1.82, 2.24) is 14.7 Å². The predicted molar refractivity (Wildman–Crippen MR) is 142 cm³/mol. The van der Waals surface area contributed by atoms with Crippen LogP contribution in [-0.4, -0.2) is 70.1 Å². The molecule has 2 aromatic carbocycles. The molecular weight excluding hydrogens is 444 g/mol. The molecule has 2 heterocycles. The molecule has 34 heavy (non-hydrogen) atoms. The number of phenols is 1. The van der Waals surface area contributed by atoms with Gasteiger partial charge in [0, 0.05) is 63.1 Å². The minimum atomic E-state index is -0.0822. The summed E-state index contributed by atoms with van der Waals surface area (Å²) in [5.41, 5.74) is 3.40. The van der Waals surface area contributed by atoms with Crippen molar-refractivity contribution in [2.75, 3.05) is 38.1 Å². The highest BCUT2D eigenvalue weighted by Gasteiger charge is 2.41. The van der Waals surface area contributed by atoms with Gasteiger partial charge >= 0.3 is 0 Å². The van der Waals surface area contributed by atoms with Crippen LogP contribution in [0.5, 0.6) is 5.75 Å². The summed E-state index contributed by atoms with van der Waals surface area (Å²) in [5, 5.41) is 11.2. The highest BCUT2D eigenvalue weighted by molar-refractivity contribution is 7.80. The molecule has 2 saturated heterocycles. The Morgan fingerprint density at radius 2 is 1.76 bits per heavy atom. The van der Waals surface area contributed by atoms with Crippen LogP contribution in [0.15, 0.2) is 54.2 Å². The summed E-state index contributed by atoms with van der Waals surface area (Å²) in [6.45, 7) is 8.70. The van der Waals surface area contributed by atoms with E-state index in [0.29, 0.717) is 16.4 Å².